The molecule has 0 atom stereocenters. The third-order valence-corrected chi connectivity index (χ3v) is 8.32. The van der Waals surface area contributed by atoms with Crippen molar-refractivity contribution in [2.24, 2.45) is 0 Å². The number of unbranched alkanes of at least 4 members (excludes halogenated alkanes) is 2. The van der Waals surface area contributed by atoms with Crippen LogP contribution in [0.5, 0.6) is 0 Å². The summed E-state index contributed by atoms with van der Waals surface area (Å²) in [6.07, 6.45) is 7.25. The lowest BCUT2D eigenvalue weighted by atomic mass is 10.0. The summed E-state index contributed by atoms with van der Waals surface area (Å²) in [7, 11) is -3.45. The number of hydrogen-bond donors (Lipinski definition) is 0. The molecule has 0 saturated carbocycles. The number of nitrogens with zero attached hydrogens (tertiary/aromatic N) is 4. The molecule has 0 unspecified atom stereocenters. The summed E-state index contributed by atoms with van der Waals surface area (Å²) in [6.45, 7) is 12.6. The molecule has 1 aliphatic rings. The monoisotopic (exact) mass is 418 g/mol. The molecular formula is C22H34N4O2S. The van der Waals surface area contributed by atoms with Crippen LogP contribution in [0.15, 0.2) is 29.4 Å². The molecule has 29 heavy (non-hydrogen) atoms. The average Bonchev–Trinajstić information content (AvgIpc) is 3.20. The molecule has 1 aromatic carbocycles. The summed E-state index contributed by atoms with van der Waals surface area (Å²) in [5, 5.41) is 4.23. The highest BCUT2D eigenvalue weighted by Crippen LogP contribution is 2.29. The SMILES string of the molecule is Cc1cc(C)c(C)c(S(=O)(=O)N2CCN(CCCCCn3cccn3)CC2)c1C. The largest absolute Gasteiger partial charge is 0.301 e. The van der Waals surface area contributed by atoms with E-state index in [9.17, 15) is 8.42 Å². The molecule has 0 spiro atoms. The summed E-state index contributed by atoms with van der Waals surface area (Å²) in [4.78, 5) is 2.91. The Kier molecular flexibility index (Phi) is 7.14. The number of sulfonamides is 1. The average molecular weight is 419 g/mol. The Morgan fingerprint density at radius 1 is 0.897 bits per heavy atom. The van der Waals surface area contributed by atoms with Gasteiger partial charge in [-0.05, 0) is 75.4 Å². The zero-order chi connectivity index (χ0) is 21.0. The first-order chi connectivity index (χ1) is 13.8. The van der Waals surface area contributed by atoms with E-state index in [1.807, 2.05) is 50.8 Å². The summed E-state index contributed by atoms with van der Waals surface area (Å²) in [6, 6.07) is 4.03. The second-order valence-corrected chi connectivity index (χ2v) is 10.0. The van der Waals surface area contributed by atoms with Gasteiger partial charge in [0, 0.05) is 45.1 Å². The van der Waals surface area contributed by atoms with Crippen molar-refractivity contribution < 1.29 is 8.42 Å². The molecule has 6 nitrogen and oxygen atoms in total. The molecule has 1 fully saturated rings. The Morgan fingerprint density at radius 3 is 2.10 bits per heavy atom. The fourth-order valence-corrected chi connectivity index (χ4v) is 6.11. The lowest BCUT2D eigenvalue weighted by Crippen LogP contribution is -2.49. The molecule has 3 rings (SSSR count). The van der Waals surface area contributed by atoms with Crippen molar-refractivity contribution in [3.63, 3.8) is 0 Å². The molecule has 2 aromatic rings. The zero-order valence-corrected chi connectivity index (χ0v) is 19.0. The predicted molar refractivity (Wildman–Crippen MR) is 117 cm³/mol. The van der Waals surface area contributed by atoms with Gasteiger partial charge in [0.1, 0.15) is 0 Å². The van der Waals surface area contributed by atoms with E-state index in [1.165, 1.54) is 6.42 Å². The molecule has 0 amide bonds. The molecule has 160 valence electrons. The molecule has 0 radical (unpaired) electrons. The fraction of sp³-hybridized carbons (Fsp3) is 0.591. The maximum Gasteiger partial charge on any atom is 0.243 e. The summed E-state index contributed by atoms with van der Waals surface area (Å²) < 4.78 is 30.4. The van der Waals surface area contributed by atoms with Gasteiger partial charge in [0.05, 0.1) is 4.90 Å². The Labute approximate surface area is 175 Å². The number of aryl methyl sites for hydroxylation is 3. The van der Waals surface area contributed by atoms with Crippen LogP contribution in [-0.4, -0.2) is 60.1 Å². The van der Waals surface area contributed by atoms with E-state index in [2.05, 4.69) is 16.1 Å². The van der Waals surface area contributed by atoms with Crippen LogP contribution in [-0.2, 0) is 16.6 Å². The predicted octanol–water partition coefficient (Wildman–Crippen LogP) is 3.29. The molecule has 0 aliphatic carbocycles. The first kappa shape index (κ1) is 22.0. The standard InChI is InChI=1S/C22H34N4O2S/c1-18-17-19(2)21(4)22(20(18)3)29(27,28)26-15-13-24(14-16-26)10-6-5-7-11-25-12-8-9-23-25/h8-9,12,17H,5-7,10-11,13-16H2,1-4H3. The number of benzene rings is 1. The van der Waals surface area contributed by atoms with Crippen LogP contribution in [0.2, 0.25) is 0 Å². The lowest BCUT2D eigenvalue weighted by Gasteiger charge is -2.34. The Hall–Kier alpha value is -1.70. The smallest absolute Gasteiger partial charge is 0.243 e. The summed E-state index contributed by atoms with van der Waals surface area (Å²) in [5.74, 6) is 0. The molecule has 0 N–H and O–H groups in total. The van der Waals surface area contributed by atoms with Gasteiger partial charge < -0.3 is 4.90 Å². The van der Waals surface area contributed by atoms with Crippen molar-refractivity contribution in [2.45, 2.75) is 58.4 Å². The summed E-state index contributed by atoms with van der Waals surface area (Å²) >= 11 is 0. The van der Waals surface area contributed by atoms with E-state index in [0.29, 0.717) is 18.0 Å². The van der Waals surface area contributed by atoms with Crippen LogP contribution in [0.25, 0.3) is 0 Å². The van der Waals surface area contributed by atoms with Crippen molar-refractivity contribution >= 4 is 10.0 Å². The van der Waals surface area contributed by atoms with Gasteiger partial charge >= 0.3 is 0 Å². The lowest BCUT2D eigenvalue weighted by molar-refractivity contribution is 0.185. The van der Waals surface area contributed by atoms with Crippen LogP contribution in [0.3, 0.4) is 0 Å². The van der Waals surface area contributed by atoms with Gasteiger partial charge in [0.25, 0.3) is 0 Å². The van der Waals surface area contributed by atoms with E-state index < -0.39 is 10.0 Å². The highest BCUT2D eigenvalue weighted by Gasteiger charge is 2.31. The van der Waals surface area contributed by atoms with Gasteiger partial charge in [-0.2, -0.15) is 9.40 Å². The van der Waals surface area contributed by atoms with Crippen molar-refractivity contribution in [1.82, 2.24) is 19.0 Å². The maximum absolute atomic E-state index is 13.4. The minimum atomic E-state index is -3.45. The molecule has 2 heterocycles. The van der Waals surface area contributed by atoms with E-state index in [-0.39, 0.29) is 0 Å². The third kappa shape index (κ3) is 5.08. The maximum atomic E-state index is 13.4. The summed E-state index contributed by atoms with van der Waals surface area (Å²) in [5.41, 5.74) is 3.85. The second kappa shape index (κ2) is 9.41. The fourth-order valence-electron chi connectivity index (χ4n) is 4.11. The van der Waals surface area contributed by atoms with E-state index in [0.717, 1.165) is 61.3 Å². The van der Waals surface area contributed by atoms with Gasteiger partial charge in [-0.25, -0.2) is 8.42 Å². The quantitative estimate of drug-likeness (QED) is 0.617. The van der Waals surface area contributed by atoms with Gasteiger partial charge in [0.2, 0.25) is 10.0 Å². The molecule has 1 saturated heterocycles. The first-order valence-electron chi connectivity index (χ1n) is 10.6. The zero-order valence-electron chi connectivity index (χ0n) is 18.2. The molecule has 7 heteroatoms. The van der Waals surface area contributed by atoms with Crippen LogP contribution in [0, 0.1) is 27.7 Å². The minimum absolute atomic E-state index is 0.516. The van der Waals surface area contributed by atoms with Gasteiger partial charge in [0.15, 0.2) is 0 Å². The van der Waals surface area contributed by atoms with Gasteiger partial charge in [-0.15, -0.1) is 0 Å². The molecule has 1 aliphatic heterocycles. The first-order valence-corrected chi connectivity index (χ1v) is 12.0. The van der Waals surface area contributed by atoms with Crippen molar-refractivity contribution in [3.05, 3.63) is 46.8 Å². The molecular weight excluding hydrogens is 384 g/mol. The van der Waals surface area contributed by atoms with Crippen LogP contribution >= 0.6 is 0 Å². The Bertz CT molecular complexity index is 889. The normalized spacial score (nSPS) is 16.4. The highest BCUT2D eigenvalue weighted by molar-refractivity contribution is 7.89. The molecule has 0 bridgehead atoms. The number of aromatic nitrogens is 2. The minimum Gasteiger partial charge on any atom is -0.301 e. The van der Waals surface area contributed by atoms with Gasteiger partial charge in [-0.3, -0.25) is 4.68 Å². The number of hydrogen-bond acceptors (Lipinski definition) is 4. The Balaban J connectivity index is 1.51. The van der Waals surface area contributed by atoms with Gasteiger partial charge in [-0.1, -0.05) is 12.5 Å². The van der Waals surface area contributed by atoms with E-state index in [1.54, 1.807) is 4.31 Å². The highest BCUT2D eigenvalue weighted by atomic mass is 32.2. The Morgan fingerprint density at radius 2 is 1.52 bits per heavy atom. The van der Waals surface area contributed by atoms with Crippen LogP contribution in [0.4, 0.5) is 0 Å². The second-order valence-electron chi connectivity index (χ2n) is 8.17. The topological polar surface area (TPSA) is 58.4 Å². The molecule has 1 aromatic heterocycles. The van der Waals surface area contributed by atoms with Crippen LogP contribution < -0.4 is 0 Å². The third-order valence-electron chi connectivity index (χ3n) is 6.15. The van der Waals surface area contributed by atoms with Crippen molar-refractivity contribution in [2.75, 3.05) is 32.7 Å². The van der Waals surface area contributed by atoms with Crippen LogP contribution in [0.1, 0.15) is 41.5 Å². The van der Waals surface area contributed by atoms with Crippen molar-refractivity contribution in [3.8, 4) is 0 Å². The van der Waals surface area contributed by atoms with Crippen molar-refractivity contribution in [1.29, 1.82) is 0 Å². The number of piperazine rings is 1. The van der Waals surface area contributed by atoms with E-state index >= 15 is 0 Å². The van der Waals surface area contributed by atoms with E-state index in [4.69, 9.17) is 0 Å². The number of rotatable bonds is 8.